The lowest BCUT2D eigenvalue weighted by Gasteiger charge is -2.50. The molecule has 0 radical (unpaired) electrons. The monoisotopic (exact) mass is 454 g/mol. The van der Waals surface area contributed by atoms with Gasteiger partial charge in [0.1, 0.15) is 11.5 Å². The van der Waals surface area contributed by atoms with Gasteiger partial charge in [-0.25, -0.2) is 0 Å². The molecule has 0 spiro atoms. The number of benzene rings is 1. The number of hydrogen-bond acceptors (Lipinski definition) is 4. The number of halogens is 1. The maximum atomic E-state index is 13.3. The fraction of sp³-hybridized carbons (Fsp3) is 0.500. The van der Waals surface area contributed by atoms with Crippen LogP contribution < -0.4 is 5.73 Å². The molecule has 2 heterocycles. The summed E-state index contributed by atoms with van der Waals surface area (Å²) in [4.78, 5) is 40.3. The lowest BCUT2D eigenvalue weighted by atomic mass is 9.53. The van der Waals surface area contributed by atoms with Crippen LogP contribution >= 0.6 is 11.6 Å². The van der Waals surface area contributed by atoms with E-state index in [9.17, 15) is 14.4 Å². The minimum Gasteiger partial charge on any atom is -0.365 e. The van der Waals surface area contributed by atoms with Crippen LogP contribution in [0.4, 0.5) is 0 Å². The van der Waals surface area contributed by atoms with Gasteiger partial charge in [0.05, 0.1) is 24.3 Å². The highest BCUT2D eigenvalue weighted by atomic mass is 35.5. The predicted molar refractivity (Wildman–Crippen MR) is 120 cm³/mol. The molecule has 32 heavy (non-hydrogen) atoms. The van der Waals surface area contributed by atoms with Gasteiger partial charge in [-0.15, -0.1) is 0 Å². The molecule has 2 amide bonds. The first-order valence-corrected chi connectivity index (χ1v) is 11.5. The normalized spacial score (nSPS) is 26.8. The van der Waals surface area contributed by atoms with Crippen LogP contribution in [-0.4, -0.2) is 38.8 Å². The molecule has 1 aromatic carbocycles. The SMILES string of the molecule is CC12CCC(CC(=O)N3CCn4nc(-c5cccc(Cl)c5)c(C(N)=O)c4C3)(CC1)C(=O)C2. The van der Waals surface area contributed by atoms with Crippen molar-refractivity contribution in [2.45, 2.75) is 58.5 Å². The number of nitrogens with two attached hydrogens (primary N) is 1. The molecule has 0 atom stereocenters. The van der Waals surface area contributed by atoms with Crippen molar-refractivity contribution < 1.29 is 14.4 Å². The molecule has 1 aliphatic heterocycles. The van der Waals surface area contributed by atoms with E-state index >= 15 is 0 Å². The molecule has 6 rings (SSSR count). The van der Waals surface area contributed by atoms with Gasteiger partial charge < -0.3 is 10.6 Å². The number of rotatable bonds is 4. The van der Waals surface area contributed by atoms with Crippen LogP contribution in [0.3, 0.4) is 0 Å². The number of amides is 2. The van der Waals surface area contributed by atoms with Crippen LogP contribution in [0.25, 0.3) is 11.3 Å². The Hall–Kier alpha value is -2.67. The van der Waals surface area contributed by atoms with Crippen LogP contribution in [0.2, 0.25) is 5.02 Å². The summed E-state index contributed by atoms with van der Waals surface area (Å²) in [6.07, 6.45) is 4.45. The zero-order chi connectivity index (χ0) is 22.7. The number of fused-ring (bicyclic) bond motifs is 4. The third kappa shape index (κ3) is 3.43. The summed E-state index contributed by atoms with van der Waals surface area (Å²) in [5.74, 6) is -0.367. The minimum absolute atomic E-state index is 0.0315. The van der Waals surface area contributed by atoms with E-state index in [0.29, 0.717) is 47.0 Å². The molecule has 1 aromatic heterocycles. The van der Waals surface area contributed by atoms with Crippen LogP contribution in [-0.2, 0) is 22.7 Å². The van der Waals surface area contributed by atoms with Crippen molar-refractivity contribution in [1.82, 2.24) is 14.7 Å². The number of primary amides is 1. The van der Waals surface area contributed by atoms with Gasteiger partial charge in [0, 0.05) is 35.4 Å². The van der Waals surface area contributed by atoms with E-state index in [1.54, 1.807) is 27.8 Å². The standard InChI is InChI=1S/C24H27ClN4O3/c1-23-5-7-24(8-6-23,18(30)12-23)13-19(31)28-9-10-29-17(14-28)20(22(26)32)21(27-29)15-3-2-4-16(25)11-15/h2-4,11H,5-10,12-14H2,1H3,(H2,26,32). The van der Waals surface area contributed by atoms with Crippen molar-refractivity contribution in [3.05, 3.63) is 40.5 Å². The van der Waals surface area contributed by atoms with Crippen LogP contribution in [0, 0.1) is 10.8 Å². The number of carbonyl (C=O) groups excluding carboxylic acids is 3. The van der Waals surface area contributed by atoms with Crippen molar-refractivity contribution in [3.63, 3.8) is 0 Å². The second-order valence-electron chi connectivity index (χ2n) is 9.95. The quantitative estimate of drug-likeness (QED) is 0.763. The highest BCUT2D eigenvalue weighted by Gasteiger charge is 2.53. The third-order valence-electron chi connectivity index (χ3n) is 7.76. The van der Waals surface area contributed by atoms with Crippen molar-refractivity contribution in [2.24, 2.45) is 16.6 Å². The number of nitrogens with zero attached hydrogens (tertiary/aromatic N) is 3. The number of carbonyl (C=O) groups is 3. The maximum Gasteiger partial charge on any atom is 0.252 e. The Labute approximate surface area is 191 Å². The van der Waals surface area contributed by atoms with Gasteiger partial charge in [0.2, 0.25) is 5.91 Å². The molecule has 2 N–H and O–H groups in total. The number of Topliss-reactive ketones (excluding diaryl/α,β-unsaturated/α-hetero) is 1. The summed E-state index contributed by atoms with van der Waals surface area (Å²) < 4.78 is 1.76. The van der Waals surface area contributed by atoms with Crippen molar-refractivity contribution in [3.8, 4) is 11.3 Å². The van der Waals surface area contributed by atoms with Gasteiger partial charge in [-0.2, -0.15) is 5.10 Å². The minimum atomic E-state index is -0.580. The molecule has 0 unspecified atom stereocenters. The first-order valence-electron chi connectivity index (χ1n) is 11.2. The smallest absolute Gasteiger partial charge is 0.252 e. The Balaban J connectivity index is 1.40. The average Bonchev–Trinajstić information content (AvgIpc) is 3.14. The fourth-order valence-electron chi connectivity index (χ4n) is 5.67. The molecule has 8 heteroatoms. The molecule has 3 fully saturated rings. The zero-order valence-corrected chi connectivity index (χ0v) is 19.0. The number of aromatic nitrogens is 2. The molecule has 3 saturated carbocycles. The van der Waals surface area contributed by atoms with Gasteiger partial charge in [0.15, 0.2) is 0 Å². The molecule has 0 saturated heterocycles. The highest BCUT2D eigenvalue weighted by molar-refractivity contribution is 6.30. The van der Waals surface area contributed by atoms with Crippen LogP contribution in [0.5, 0.6) is 0 Å². The topological polar surface area (TPSA) is 98.3 Å². The predicted octanol–water partition coefficient (Wildman–Crippen LogP) is 3.57. The Morgan fingerprint density at radius 3 is 2.59 bits per heavy atom. The summed E-state index contributed by atoms with van der Waals surface area (Å²) in [7, 11) is 0. The van der Waals surface area contributed by atoms with E-state index in [4.69, 9.17) is 17.3 Å². The summed E-state index contributed by atoms with van der Waals surface area (Å²) in [6, 6.07) is 7.13. The largest absolute Gasteiger partial charge is 0.365 e. The molecular formula is C24H27ClN4O3. The van der Waals surface area contributed by atoms with E-state index in [2.05, 4.69) is 12.0 Å². The lowest BCUT2D eigenvalue weighted by Crippen LogP contribution is -2.50. The Morgan fingerprint density at radius 1 is 1.19 bits per heavy atom. The summed E-state index contributed by atoms with van der Waals surface area (Å²) >= 11 is 6.13. The zero-order valence-electron chi connectivity index (χ0n) is 18.2. The lowest BCUT2D eigenvalue weighted by molar-refractivity contribution is -0.151. The van der Waals surface area contributed by atoms with E-state index < -0.39 is 11.3 Å². The molecule has 168 valence electrons. The maximum absolute atomic E-state index is 13.3. The van der Waals surface area contributed by atoms with Crippen LogP contribution in [0.1, 0.15) is 61.5 Å². The van der Waals surface area contributed by atoms with Gasteiger partial charge in [-0.05, 0) is 43.2 Å². The molecule has 7 nitrogen and oxygen atoms in total. The van der Waals surface area contributed by atoms with E-state index in [-0.39, 0.29) is 30.1 Å². The first-order chi connectivity index (χ1) is 15.2. The van der Waals surface area contributed by atoms with Crippen molar-refractivity contribution >= 4 is 29.2 Å². The summed E-state index contributed by atoms with van der Waals surface area (Å²) in [6.45, 7) is 3.40. The Bertz CT molecular complexity index is 1130. The second-order valence-corrected chi connectivity index (χ2v) is 10.4. The van der Waals surface area contributed by atoms with Crippen LogP contribution in [0.15, 0.2) is 24.3 Å². The third-order valence-corrected chi connectivity index (χ3v) is 7.99. The van der Waals surface area contributed by atoms with Crippen molar-refractivity contribution in [2.75, 3.05) is 6.54 Å². The fourth-order valence-corrected chi connectivity index (χ4v) is 5.86. The average molecular weight is 455 g/mol. The molecule has 3 aliphatic carbocycles. The molecule has 2 aromatic rings. The Morgan fingerprint density at radius 2 is 1.94 bits per heavy atom. The summed E-state index contributed by atoms with van der Waals surface area (Å²) in [5, 5.41) is 5.16. The van der Waals surface area contributed by atoms with Crippen molar-refractivity contribution in [1.29, 1.82) is 0 Å². The molecule has 2 bridgehead atoms. The van der Waals surface area contributed by atoms with E-state index in [1.165, 1.54) is 0 Å². The number of hydrogen-bond donors (Lipinski definition) is 1. The number of ketones is 1. The summed E-state index contributed by atoms with van der Waals surface area (Å²) in [5.41, 5.74) is 7.50. The van der Waals surface area contributed by atoms with Gasteiger partial charge in [-0.3, -0.25) is 19.1 Å². The van der Waals surface area contributed by atoms with Gasteiger partial charge in [0.25, 0.3) is 5.91 Å². The second kappa shape index (κ2) is 7.44. The van der Waals surface area contributed by atoms with Gasteiger partial charge >= 0.3 is 0 Å². The first kappa shape index (κ1) is 21.2. The van der Waals surface area contributed by atoms with E-state index in [0.717, 1.165) is 25.7 Å². The molecule has 4 aliphatic rings. The molecular weight excluding hydrogens is 428 g/mol. The Kier molecular flexibility index (Phi) is 4.93. The highest BCUT2D eigenvalue weighted by Crippen LogP contribution is 2.56. The van der Waals surface area contributed by atoms with Gasteiger partial charge in [-0.1, -0.05) is 30.7 Å². The van der Waals surface area contributed by atoms with E-state index in [1.807, 2.05) is 6.07 Å².